The van der Waals surface area contributed by atoms with Crippen LogP contribution in [0.3, 0.4) is 0 Å². The van der Waals surface area contributed by atoms with E-state index in [2.05, 4.69) is 0 Å². The lowest BCUT2D eigenvalue weighted by Crippen LogP contribution is -2.36. The number of carbonyl (C=O) groups is 1. The molecular weight excluding hydrogens is 208 g/mol. The molecule has 0 rings (SSSR count). The van der Waals surface area contributed by atoms with Crippen LogP contribution in [0, 0.1) is 0 Å². The van der Waals surface area contributed by atoms with Gasteiger partial charge in [-0.1, -0.05) is 0 Å². The highest BCUT2D eigenvalue weighted by Gasteiger charge is 2.28. The topological polar surface area (TPSA) is 44.8 Å². The third-order valence-corrected chi connectivity index (χ3v) is 5.65. The summed E-state index contributed by atoms with van der Waals surface area (Å²) in [5.74, 6) is 0.437. The van der Waals surface area contributed by atoms with Crippen LogP contribution in [0.2, 0.25) is 12.6 Å². The summed E-state index contributed by atoms with van der Waals surface area (Å²) in [7, 11) is 1.31. The Morgan fingerprint density at radius 1 is 1.38 bits per heavy atom. The van der Waals surface area contributed by atoms with Crippen molar-refractivity contribution in [2.24, 2.45) is 0 Å². The van der Waals surface area contributed by atoms with Crippen molar-refractivity contribution in [2.45, 2.75) is 19.5 Å². The smallest absolute Gasteiger partial charge is 0.335 e. The van der Waals surface area contributed by atoms with Crippen LogP contribution in [0.5, 0.6) is 0 Å². The Kier molecular flexibility index (Phi) is 6.40. The molecule has 0 saturated heterocycles. The Morgan fingerprint density at radius 2 is 1.92 bits per heavy atom. The van der Waals surface area contributed by atoms with E-state index >= 15 is 0 Å². The first-order valence-electron chi connectivity index (χ1n) is 3.94. The second-order valence-corrected chi connectivity index (χ2v) is 7.08. The standard InChI is InChI=1S/C7H16O4SSi/c1-7(8)11-12-5-6-13(4,9-2)10-3/h5-6H2,1-4H3. The van der Waals surface area contributed by atoms with Crippen molar-refractivity contribution in [2.75, 3.05) is 20.0 Å². The number of hydrogen-bond donors (Lipinski definition) is 0. The predicted molar refractivity (Wildman–Crippen MR) is 54.7 cm³/mol. The zero-order valence-corrected chi connectivity index (χ0v) is 10.3. The van der Waals surface area contributed by atoms with Gasteiger partial charge in [-0.2, -0.15) is 0 Å². The highest BCUT2D eigenvalue weighted by Crippen LogP contribution is 2.16. The molecular formula is C7H16O4SSi. The summed E-state index contributed by atoms with van der Waals surface area (Å²) in [5, 5.41) is 0. The van der Waals surface area contributed by atoms with Crippen LogP contribution < -0.4 is 0 Å². The maximum Gasteiger partial charge on any atom is 0.335 e. The molecule has 13 heavy (non-hydrogen) atoms. The van der Waals surface area contributed by atoms with E-state index in [4.69, 9.17) is 13.0 Å². The molecule has 0 aliphatic heterocycles. The van der Waals surface area contributed by atoms with E-state index in [1.54, 1.807) is 14.2 Å². The fourth-order valence-electron chi connectivity index (χ4n) is 0.639. The van der Waals surface area contributed by atoms with Gasteiger partial charge in [-0.25, -0.2) is 0 Å². The molecule has 0 bridgehead atoms. The van der Waals surface area contributed by atoms with Gasteiger partial charge >= 0.3 is 14.5 Å². The Bertz CT molecular complexity index is 161. The highest BCUT2D eigenvalue weighted by molar-refractivity contribution is 7.95. The van der Waals surface area contributed by atoms with Crippen molar-refractivity contribution < 1.29 is 17.8 Å². The SMILES string of the molecule is CO[Si](C)(CCSOC(C)=O)OC. The van der Waals surface area contributed by atoms with Gasteiger partial charge in [0.15, 0.2) is 0 Å². The van der Waals surface area contributed by atoms with Crippen molar-refractivity contribution in [1.82, 2.24) is 0 Å². The van der Waals surface area contributed by atoms with Gasteiger partial charge in [0.1, 0.15) is 0 Å². The largest absolute Gasteiger partial charge is 0.398 e. The maximum atomic E-state index is 10.4. The lowest BCUT2D eigenvalue weighted by Gasteiger charge is -2.21. The summed E-state index contributed by atoms with van der Waals surface area (Å²) in [4.78, 5) is 10.4. The molecule has 4 nitrogen and oxygen atoms in total. The molecule has 0 N–H and O–H groups in total. The van der Waals surface area contributed by atoms with E-state index < -0.39 is 8.56 Å². The fraction of sp³-hybridized carbons (Fsp3) is 0.857. The first kappa shape index (κ1) is 13.0. The molecule has 0 aromatic carbocycles. The monoisotopic (exact) mass is 224 g/mol. The molecule has 0 unspecified atom stereocenters. The van der Waals surface area contributed by atoms with Crippen LogP contribution in [0.4, 0.5) is 0 Å². The van der Waals surface area contributed by atoms with Crippen molar-refractivity contribution in [3.05, 3.63) is 0 Å². The second-order valence-electron chi connectivity index (χ2n) is 2.69. The molecule has 0 atom stereocenters. The first-order valence-corrected chi connectivity index (χ1v) is 7.38. The Labute approximate surface area is 84.4 Å². The molecule has 0 heterocycles. The normalized spacial score (nSPS) is 11.4. The molecule has 0 amide bonds. The van der Waals surface area contributed by atoms with Gasteiger partial charge in [0, 0.05) is 32.9 Å². The van der Waals surface area contributed by atoms with Crippen molar-refractivity contribution in [3.63, 3.8) is 0 Å². The van der Waals surface area contributed by atoms with E-state index in [0.29, 0.717) is 5.75 Å². The van der Waals surface area contributed by atoms with Gasteiger partial charge < -0.3 is 13.0 Å². The number of carbonyl (C=O) groups excluding carboxylic acids is 1. The molecule has 0 spiro atoms. The molecule has 0 aromatic heterocycles. The average molecular weight is 224 g/mol. The average Bonchev–Trinajstić information content (AvgIpc) is 2.12. The molecule has 78 valence electrons. The van der Waals surface area contributed by atoms with Crippen LogP contribution in [-0.4, -0.2) is 34.5 Å². The van der Waals surface area contributed by atoms with Gasteiger partial charge in [0.2, 0.25) is 0 Å². The zero-order valence-electron chi connectivity index (χ0n) is 8.46. The molecule has 0 aliphatic rings. The third kappa shape index (κ3) is 6.09. The molecule has 0 aliphatic carbocycles. The van der Waals surface area contributed by atoms with E-state index in [9.17, 15) is 4.79 Å². The van der Waals surface area contributed by atoms with Crippen molar-refractivity contribution in [1.29, 1.82) is 0 Å². The minimum absolute atomic E-state index is 0.275. The van der Waals surface area contributed by atoms with E-state index in [0.717, 1.165) is 18.1 Å². The summed E-state index contributed by atoms with van der Waals surface area (Å²) in [6.07, 6.45) is 0. The van der Waals surface area contributed by atoms with Crippen LogP contribution in [0.1, 0.15) is 6.92 Å². The summed E-state index contributed by atoms with van der Waals surface area (Å²) in [6.45, 7) is 3.36. The van der Waals surface area contributed by atoms with Gasteiger partial charge in [0.05, 0.1) is 12.0 Å². The lowest BCUT2D eigenvalue weighted by atomic mass is 10.9. The van der Waals surface area contributed by atoms with Crippen LogP contribution in [0.25, 0.3) is 0 Å². The van der Waals surface area contributed by atoms with E-state index in [1.165, 1.54) is 6.92 Å². The Balaban J connectivity index is 3.55. The van der Waals surface area contributed by atoms with Gasteiger partial charge in [-0.05, 0) is 6.55 Å². The quantitative estimate of drug-likeness (QED) is 0.389. The number of rotatable bonds is 6. The summed E-state index contributed by atoms with van der Waals surface area (Å²) in [5.41, 5.74) is 0. The van der Waals surface area contributed by atoms with Crippen LogP contribution in [0.15, 0.2) is 0 Å². The molecule has 0 fully saturated rings. The Morgan fingerprint density at radius 3 is 2.31 bits per heavy atom. The van der Waals surface area contributed by atoms with Gasteiger partial charge in [-0.3, -0.25) is 4.79 Å². The van der Waals surface area contributed by atoms with Gasteiger partial charge in [-0.15, -0.1) is 0 Å². The molecule has 0 saturated carbocycles. The minimum Gasteiger partial charge on any atom is -0.398 e. The second kappa shape index (κ2) is 6.42. The molecule has 0 aromatic rings. The number of hydrogen-bond acceptors (Lipinski definition) is 5. The van der Waals surface area contributed by atoms with Crippen LogP contribution in [-0.2, 0) is 17.8 Å². The summed E-state index contributed by atoms with van der Waals surface area (Å²) >= 11 is 1.14. The molecule has 0 radical (unpaired) electrons. The third-order valence-electron chi connectivity index (χ3n) is 1.68. The van der Waals surface area contributed by atoms with Crippen molar-refractivity contribution in [3.8, 4) is 0 Å². The van der Waals surface area contributed by atoms with E-state index in [1.807, 2.05) is 6.55 Å². The molecule has 6 heteroatoms. The maximum absolute atomic E-state index is 10.4. The minimum atomic E-state index is -1.98. The van der Waals surface area contributed by atoms with Crippen molar-refractivity contribution >= 4 is 26.6 Å². The first-order chi connectivity index (χ1) is 6.04. The van der Waals surface area contributed by atoms with Crippen LogP contribution >= 0.6 is 12.0 Å². The summed E-state index contributed by atoms with van der Waals surface area (Å²) < 4.78 is 15.2. The predicted octanol–water partition coefficient (Wildman–Crippen LogP) is 1.56. The van der Waals surface area contributed by atoms with E-state index in [-0.39, 0.29) is 5.97 Å². The summed E-state index contributed by atoms with van der Waals surface area (Å²) in [6, 6.07) is 0.804. The lowest BCUT2D eigenvalue weighted by molar-refractivity contribution is -0.130. The zero-order chi connectivity index (χ0) is 10.3. The Hall–Kier alpha value is -0.0431. The van der Waals surface area contributed by atoms with Gasteiger partial charge in [0.25, 0.3) is 0 Å². The highest BCUT2D eigenvalue weighted by atomic mass is 32.2. The fourth-order valence-corrected chi connectivity index (χ4v) is 3.28.